The van der Waals surface area contributed by atoms with Crippen molar-refractivity contribution in [1.82, 2.24) is 0 Å². The molecule has 0 aromatic heterocycles. The topological polar surface area (TPSA) is 58.6 Å². The van der Waals surface area contributed by atoms with Crippen molar-refractivity contribution in [3.63, 3.8) is 0 Å². The molecule has 30 heavy (non-hydrogen) atoms. The van der Waals surface area contributed by atoms with Crippen LogP contribution in [-0.4, -0.2) is 25.0 Å². The Morgan fingerprint density at radius 3 is 2.63 bits per heavy atom. The highest BCUT2D eigenvalue weighted by molar-refractivity contribution is 6.06. The third-order valence-electron chi connectivity index (χ3n) is 4.71. The van der Waals surface area contributed by atoms with E-state index in [2.05, 4.69) is 11.9 Å². The zero-order valence-electron chi connectivity index (χ0n) is 16.5. The van der Waals surface area contributed by atoms with Crippen molar-refractivity contribution >= 4 is 23.2 Å². The molecule has 0 atom stereocenters. The molecule has 158 valence electrons. The standard InChI is InChI=1S/C22H21F3N2O3/c1-4-11-27-17-12-14(9-10-18(17)30-13-21(2,3)20(27)29)26-19(28)15-7-5-6-8-16(15)22(23,24)25/h4-10,12H,1,11,13H2,2-3H3,(H,26,28). The number of halogens is 3. The zero-order chi connectivity index (χ0) is 22.1. The lowest BCUT2D eigenvalue weighted by molar-refractivity contribution is -0.137. The van der Waals surface area contributed by atoms with Crippen molar-refractivity contribution < 1.29 is 27.5 Å². The molecule has 0 saturated carbocycles. The summed E-state index contributed by atoms with van der Waals surface area (Å²) in [5.74, 6) is -0.657. The van der Waals surface area contributed by atoms with E-state index in [0.29, 0.717) is 11.4 Å². The molecule has 2 aromatic carbocycles. The second-order valence-electron chi connectivity index (χ2n) is 7.56. The molecule has 2 amide bonds. The third kappa shape index (κ3) is 4.17. The maximum absolute atomic E-state index is 13.2. The van der Waals surface area contributed by atoms with Crippen LogP contribution >= 0.6 is 0 Å². The number of hydrogen-bond acceptors (Lipinski definition) is 3. The number of carbonyl (C=O) groups excluding carboxylic acids is 2. The molecular weight excluding hydrogens is 397 g/mol. The highest BCUT2D eigenvalue weighted by Gasteiger charge is 2.38. The second kappa shape index (κ2) is 7.85. The van der Waals surface area contributed by atoms with Gasteiger partial charge in [0, 0.05) is 12.2 Å². The first kappa shape index (κ1) is 21.4. The smallest absolute Gasteiger partial charge is 0.417 e. The minimum absolute atomic E-state index is 0.164. The Balaban J connectivity index is 1.96. The van der Waals surface area contributed by atoms with E-state index in [-0.39, 0.29) is 24.7 Å². The van der Waals surface area contributed by atoms with Crippen LogP contribution in [0, 0.1) is 5.41 Å². The van der Waals surface area contributed by atoms with Gasteiger partial charge < -0.3 is 15.0 Å². The van der Waals surface area contributed by atoms with E-state index in [4.69, 9.17) is 4.74 Å². The van der Waals surface area contributed by atoms with Gasteiger partial charge in [-0.2, -0.15) is 13.2 Å². The molecule has 3 rings (SSSR count). The van der Waals surface area contributed by atoms with Crippen LogP contribution in [0.15, 0.2) is 55.1 Å². The van der Waals surface area contributed by atoms with Gasteiger partial charge in [0.25, 0.3) is 5.91 Å². The fourth-order valence-electron chi connectivity index (χ4n) is 3.16. The molecule has 0 bridgehead atoms. The van der Waals surface area contributed by atoms with E-state index in [9.17, 15) is 22.8 Å². The Kier molecular flexibility index (Phi) is 5.61. The Morgan fingerprint density at radius 1 is 1.27 bits per heavy atom. The van der Waals surface area contributed by atoms with E-state index in [1.807, 2.05) is 0 Å². The normalized spacial score (nSPS) is 15.6. The Hall–Kier alpha value is -3.29. The Morgan fingerprint density at radius 2 is 1.97 bits per heavy atom. The number of ether oxygens (including phenoxy) is 1. The van der Waals surface area contributed by atoms with Gasteiger partial charge in [0.1, 0.15) is 12.4 Å². The van der Waals surface area contributed by atoms with Gasteiger partial charge in [0.05, 0.1) is 22.2 Å². The molecule has 0 fully saturated rings. The first-order valence-corrected chi connectivity index (χ1v) is 9.22. The van der Waals surface area contributed by atoms with Gasteiger partial charge in [0.2, 0.25) is 5.91 Å². The van der Waals surface area contributed by atoms with Crippen molar-refractivity contribution in [3.05, 3.63) is 66.2 Å². The molecule has 1 N–H and O–H groups in total. The summed E-state index contributed by atoms with van der Waals surface area (Å²) in [5, 5.41) is 2.48. The summed E-state index contributed by atoms with van der Waals surface area (Å²) >= 11 is 0. The summed E-state index contributed by atoms with van der Waals surface area (Å²) < 4.78 is 45.4. The highest BCUT2D eigenvalue weighted by atomic mass is 19.4. The molecule has 8 heteroatoms. The van der Waals surface area contributed by atoms with Gasteiger partial charge in [0.15, 0.2) is 0 Å². The number of anilines is 2. The van der Waals surface area contributed by atoms with Crippen molar-refractivity contribution in [1.29, 1.82) is 0 Å². The van der Waals surface area contributed by atoms with Crippen molar-refractivity contribution in [2.45, 2.75) is 20.0 Å². The molecule has 1 aliphatic rings. The van der Waals surface area contributed by atoms with Gasteiger partial charge in [-0.3, -0.25) is 9.59 Å². The van der Waals surface area contributed by atoms with Crippen LogP contribution in [0.3, 0.4) is 0 Å². The summed E-state index contributed by atoms with van der Waals surface area (Å²) in [7, 11) is 0. The van der Waals surface area contributed by atoms with E-state index in [1.165, 1.54) is 29.2 Å². The van der Waals surface area contributed by atoms with Crippen LogP contribution in [-0.2, 0) is 11.0 Å². The van der Waals surface area contributed by atoms with Crippen LogP contribution in [0.4, 0.5) is 24.5 Å². The molecule has 5 nitrogen and oxygen atoms in total. The highest BCUT2D eigenvalue weighted by Crippen LogP contribution is 2.38. The molecule has 0 spiro atoms. The maximum atomic E-state index is 13.2. The third-order valence-corrected chi connectivity index (χ3v) is 4.71. The SMILES string of the molecule is C=CCN1C(=O)C(C)(C)COc2ccc(NC(=O)c3ccccc3C(F)(F)F)cc21. The summed E-state index contributed by atoms with van der Waals surface area (Å²) in [4.78, 5) is 26.9. The molecule has 0 saturated heterocycles. The van der Waals surface area contributed by atoms with Gasteiger partial charge in [-0.1, -0.05) is 18.2 Å². The number of rotatable bonds is 4. The summed E-state index contributed by atoms with van der Waals surface area (Å²) in [6.45, 7) is 7.57. The fourth-order valence-corrected chi connectivity index (χ4v) is 3.16. The average molecular weight is 418 g/mol. The minimum atomic E-state index is -4.66. The molecule has 1 heterocycles. The average Bonchev–Trinajstić information content (AvgIpc) is 2.78. The zero-order valence-corrected chi connectivity index (χ0v) is 16.5. The summed E-state index contributed by atoms with van der Waals surface area (Å²) in [5.41, 5.74) is -1.65. The quantitative estimate of drug-likeness (QED) is 0.719. The molecule has 2 aromatic rings. The Labute approximate surface area is 172 Å². The number of nitrogens with zero attached hydrogens (tertiary/aromatic N) is 1. The lowest BCUT2D eigenvalue weighted by Gasteiger charge is -2.27. The monoisotopic (exact) mass is 418 g/mol. The van der Waals surface area contributed by atoms with Crippen LogP contribution in [0.1, 0.15) is 29.8 Å². The predicted molar refractivity (Wildman–Crippen MR) is 108 cm³/mol. The second-order valence-corrected chi connectivity index (χ2v) is 7.56. The number of alkyl halides is 3. The molecule has 0 unspecified atom stereocenters. The summed E-state index contributed by atoms with van der Waals surface area (Å²) in [6, 6.07) is 9.15. The largest absolute Gasteiger partial charge is 0.490 e. The first-order valence-electron chi connectivity index (χ1n) is 9.22. The number of hydrogen-bond donors (Lipinski definition) is 1. The molecule has 0 aliphatic carbocycles. The van der Waals surface area contributed by atoms with Gasteiger partial charge in [-0.25, -0.2) is 0 Å². The Bertz CT molecular complexity index is 999. The number of benzene rings is 2. The van der Waals surface area contributed by atoms with Crippen LogP contribution in [0.2, 0.25) is 0 Å². The van der Waals surface area contributed by atoms with E-state index in [0.717, 1.165) is 12.1 Å². The summed E-state index contributed by atoms with van der Waals surface area (Å²) in [6.07, 6.45) is -3.10. The van der Waals surface area contributed by atoms with Gasteiger partial charge >= 0.3 is 6.18 Å². The molecule has 0 radical (unpaired) electrons. The molecule has 1 aliphatic heterocycles. The van der Waals surface area contributed by atoms with Crippen LogP contribution < -0.4 is 15.0 Å². The van der Waals surface area contributed by atoms with Crippen LogP contribution in [0.5, 0.6) is 5.75 Å². The predicted octanol–water partition coefficient (Wildman–Crippen LogP) is 4.90. The lowest BCUT2D eigenvalue weighted by Crippen LogP contribution is -2.42. The number of fused-ring (bicyclic) bond motifs is 1. The van der Waals surface area contributed by atoms with Crippen molar-refractivity contribution in [2.24, 2.45) is 5.41 Å². The van der Waals surface area contributed by atoms with E-state index < -0.39 is 28.6 Å². The number of carbonyl (C=O) groups is 2. The van der Waals surface area contributed by atoms with Crippen LogP contribution in [0.25, 0.3) is 0 Å². The first-order chi connectivity index (χ1) is 14.0. The van der Waals surface area contributed by atoms with Crippen molar-refractivity contribution in [2.75, 3.05) is 23.4 Å². The van der Waals surface area contributed by atoms with E-state index >= 15 is 0 Å². The number of nitrogens with one attached hydrogen (secondary N) is 1. The number of amides is 2. The molecular formula is C22H21F3N2O3. The van der Waals surface area contributed by atoms with E-state index in [1.54, 1.807) is 26.0 Å². The van der Waals surface area contributed by atoms with Crippen molar-refractivity contribution in [3.8, 4) is 5.75 Å². The fraction of sp³-hybridized carbons (Fsp3) is 0.273. The maximum Gasteiger partial charge on any atom is 0.417 e. The van der Waals surface area contributed by atoms with Gasteiger partial charge in [-0.05, 0) is 44.2 Å². The van der Waals surface area contributed by atoms with Gasteiger partial charge in [-0.15, -0.1) is 6.58 Å². The lowest BCUT2D eigenvalue weighted by atomic mass is 9.93. The minimum Gasteiger partial charge on any atom is -0.490 e.